The van der Waals surface area contributed by atoms with Gasteiger partial charge < -0.3 is 14.7 Å². The smallest absolute Gasteiger partial charge is 0.412 e. The van der Waals surface area contributed by atoms with Crippen molar-refractivity contribution in [3.8, 4) is 11.1 Å². The molecule has 1 aliphatic heterocycles. The SMILES string of the molecule is CC1CCN(C(=O)c2cccc(NC(=O)OCC3c4ccccc4-c4ccccc43)n2)C1C(=O)O. The average molecular weight is 472 g/mol. The van der Waals surface area contributed by atoms with E-state index in [2.05, 4.69) is 22.4 Å². The fraction of sp³-hybridized carbons (Fsp3) is 0.259. The number of fused-ring (bicyclic) bond motifs is 3. The number of carboxylic acids is 1. The maximum Gasteiger partial charge on any atom is 0.412 e. The lowest BCUT2D eigenvalue weighted by Crippen LogP contribution is -2.43. The fourth-order valence-corrected chi connectivity index (χ4v) is 5.06. The molecule has 2 N–H and O–H groups in total. The number of nitrogens with one attached hydrogen (secondary N) is 1. The molecule has 5 rings (SSSR count). The van der Waals surface area contributed by atoms with Crippen LogP contribution in [0, 0.1) is 5.92 Å². The van der Waals surface area contributed by atoms with Crippen LogP contribution in [0.2, 0.25) is 0 Å². The number of carboxylic acid groups (broad SMARTS) is 1. The van der Waals surface area contributed by atoms with Crippen LogP contribution in [-0.4, -0.2) is 52.2 Å². The van der Waals surface area contributed by atoms with Crippen molar-refractivity contribution < 1.29 is 24.2 Å². The number of aliphatic carboxylic acids is 1. The molecule has 2 aromatic carbocycles. The molecule has 3 aromatic rings. The van der Waals surface area contributed by atoms with Gasteiger partial charge in [-0.2, -0.15) is 0 Å². The molecule has 1 aromatic heterocycles. The molecule has 2 atom stereocenters. The number of carbonyl (C=O) groups excluding carboxylic acids is 2. The molecule has 0 radical (unpaired) electrons. The summed E-state index contributed by atoms with van der Waals surface area (Å²) in [5, 5.41) is 12.1. The summed E-state index contributed by atoms with van der Waals surface area (Å²) in [6.45, 7) is 2.32. The van der Waals surface area contributed by atoms with Crippen LogP contribution in [0.15, 0.2) is 66.7 Å². The lowest BCUT2D eigenvalue weighted by atomic mass is 9.98. The van der Waals surface area contributed by atoms with Gasteiger partial charge in [0.2, 0.25) is 0 Å². The van der Waals surface area contributed by atoms with Gasteiger partial charge in [-0.1, -0.05) is 61.5 Å². The van der Waals surface area contributed by atoms with Crippen LogP contribution in [-0.2, 0) is 9.53 Å². The zero-order valence-corrected chi connectivity index (χ0v) is 19.2. The lowest BCUT2D eigenvalue weighted by molar-refractivity contribution is -0.142. The van der Waals surface area contributed by atoms with Crippen molar-refractivity contribution in [1.29, 1.82) is 0 Å². The first-order valence-electron chi connectivity index (χ1n) is 11.6. The van der Waals surface area contributed by atoms with Gasteiger partial charge in [0, 0.05) is 12.5 Å². The number of nitrogens with zero attached hydrogens (tertiary/aromatic N) is 2. The highest BCUT2D eigenvalue weighted by Gasteiger charge is 2.40. The van der Waals surface area contributed by atoms with E-state index >= 15 is 0 Å². The number of likely N-dealkylation sites (tertiary alicyclic amines) is 1. The quantitative estimate of drug-likeness (QED) is 0.572. The van der Waals surface area contributed by atoms with Crippen LogP contribution in [0.5, 0.6) is 0 Å². The minimum absolute atomic E-state index is 0.0703. The number of aromatic nitrogens is 1. The van der Waals surface area contributed by atoms with Crippen molar-refractivity contribution in [3.63, 3.8) is 0 Å². The Morgan fingerprint density at radius 3 is 2.31 bits per heavy atom. The summed E-state index contributed by atoms with van der Waals surface area (Å²) in [6, 6.07) is 19.9. The van der Waals surface area contributed by atoms with Crippen LogP contribution in [0.4, 0.5) is 10.6 Å². The third-order valence-electron chi connectivity index (χ3n) is 6.76. The predicted molar refractivity (Wildman–Crippen MR) is 129 cm³/mol. The number of amides is 2. The van der Waals surface area contributed by atoms with Crippen molar-refractivity contribution in [2.75, 3.05) is 18.5 Å². The number of rotatable bonds is 5. The molecule has 178 valence electrons. The maximum absolute atomic E-state index is 12.9. The van der Waals surface area contributed by atoms with Gasteiger partial charge in [0.05, 0.1) is 0 Å². The van der Waals surface area contributed by atoms with Crippen molar-refractivity contribution in [3.05, 3.63) is 83.6 Å². The molecule has 8 nitrogen and oxygen atoms in total. The Morgan fingerprint density at radius 1 is 1.00 bits per heavy atom. The normalized spacial score (nSPS) is 18.6. The largest absolute Gasteiger partial charge is 0.480 e. The minimum Gasteiger partial charge on any atom is -0.480 e. The second-order valence-corrected chi connectivity index (χ2v) is 8.91. The predicted octanol–water partition coefficient (Wildman–Crippen LogP) is 4.38. The fourth-order valence-electron chi connectivity index (χ4n) is 5.06. The molecular weight excluding hydrogens is 446 g/mol. The third-order valence-corrected chi connectivity index (χ3v) is 6.76. The first-order chi connectivity index (χ1) is 16.9. The number of ether oxygens (including phenoxy) is 1. The summed E-state index contributed by atoms with van der Waals surface area (Å²) in [5.41, 5.74) is 4.57. The molecule has 1 saturated heterocycles. The van der Waals surface area contributed by atoms with E-state index in [1.165, 1.54) is 11.0 Å². The Labute approximate surface area is 202 Å². The third kappa shape index (κ3) is 4.23. The maximum atomic E-state index is 12.9. The highest BCUT2D eigenvalue weighted by Crippen LogP contribution is 2.44. The highest BCUT2D eigenvalue weighted by molar-refractivity contribution is 5.96. The van der Waals surface area contributed by atoms with Gasteiger partial charge in [0.25, 0.3) is 5.91 Å². The standard InChI is InChI=1S/C27H25N3O5/c1-16-13-14-30(24(16)26(32)33)25(31)22-11-6-12-23(28-22)29-27(34)35-15-21-19-9-4-2-7-17(19)18-8-3-5-10-20(18)21/h2-12,16,21,24H,13-15H2,1H3,(H,32,33)(H,28,29,34). The van der Waals surface area contributed by atoms with Crippen LogP contribution in [0.25, 0.3) is 11.1 Å². The van der Waals surface area contributed by atoms with Gasteiger partial charge in [-0.25, -0.2) is 14.6 Å². The second kappa shape index (κ2) is 9.21. The zero-order chi connectivity index (χ0) is 24.5. The van der Waals surface area contributed by atoms with E-state index < -0.39 is 24.0 Å². The zero-order valence-electron chi connectivity index (χ0n) is 19.2. The number of hydrogen-bond acceptors (Lipinski definition) is 5. The van der Waals surface area contributed by atoms with Gasteiger partial charge >= 0.3 is 12.1 Å². The molecule has 0 spiro atoms. The molecule has 2 aliphatic rings. The van der Waals surface area contributed by atoms with E-state index in [0.29, 0.717) is 13.0 Å². The summed E-state index contributed by atoms with van der Waals surface area (Å²) in [5.74, 6) is -1.56. The van der Waals surface area contributed by atoms with Gasteiger partial charge in [0.15, 0.2) is 0 Å². The molecule has 2 amide bonds. The van der Waals surface area contributed by atoms with Crippen molar-refractivity contribution >= 4 is 23.8 Å². The van der Waals surface area contributed by atoms with Crippen LogP contribution in [0.3, 0.4) is 0 Å². The van der Waals surface area contributed by atoms with Crippen LogP contribution >= 0.6 is 0 Å². The molecule has 8 heteroatoms. The van der Waals surface area contributed by atoms with E-state index in [0.717, 1.165) is 22.3 Å². The topological polar surface area (TPSA) is 109 Å². The van der Waals surface area contributed by atoms with E-state index in [1.54, 1.807) is 12.1 Å². The summed E-state index contributed by atoms with van der Waals surface area (Å²) in [4.78, 5) is 42.7. The summed E-state index contributed by atoms with van der Waals surface area (Å²) in [6.07, 6.45) is -0.0670. The van der Waals surface area contributed by atoms with Crippen molar-refractivity contribution in [2.45, 2.75) is 25.3 Å². The summed E-state index contributed by atoms with van der Waals surface area (Å²) < 4.78 is 5.54. The second-order valence-electron chi connectivity index (χ2n) is 8.91. The Balaban J connectivity index is 1.26. The summed E-state index contributed by atoms with van der Waals surface area (Å²) >= 11 is 0. The highest BCUT2D eigenvalue weighted by atomic mass is 16.5. The molecule has 2 unspecified atom stereocenters. The Kier molecular flexibility index (Phi) is 5.94. The van der Waals surface area contributed by atoms with E-state index in [1.807, 2.05) is 43.3 Å². The van der Waals surface area contributed by atoms with Gasteiger partial charge in [-0.05, 0) is 46.7 Å². The molecule has 0 saturated carbocycles. The van der Waals surface area contributed by atoms with Crippen molar-refractivity contribution in [2.24, 2.45) is 5.92 Å². The number of pyridine rings is 1. The monoisotopic (exact) mass is 471 g/mol. The molecular formula is C27H25N3O5. The van der Waals surface area contributed by atoms with Gasteiger partial charge in [-0.15, -0.1) is 0 Å². The molecule has 1 fully saturated rings. The summed E-state index contributed by atoms with van der Waals surface area (Å²) in [7, 11) is 0. The number of hydrogen-bond donors (Lipinski definition) is 2. The minimum atomic E-state index is -1.03. The van der Waals surface area contributed by atoms with Crippen molar-refractivity contribution in [1.82, 2.24) is 9.88 Å². The Hall–Kier alpha value is -4.20. The lowest BCUT2D eigenvalue weighted by Gasteiger charge is -2.23. The number of benzene rings is 2. The number of anilines is 1. The number of carbonyl (C=O) groups is 3. The van der Waals surface area contributed by atoms with Gasteiger partial charge in [-0.3, -0.25) is 10.1 Å². The Bertz CT molecular complexity index is 1260. The van der Waals surface area contributed by atoms with Crippen LogP contribution < -0.4 is 5.32 Å². The van der Waals surface area contributed by atoms with Crippen LogP contribution in [0.1, 0.15) is 40.9 Å². The molecule has 0 bridgehead atoms. The van der Waals surface area contributed by atoms with E-state index in [9.17, 15) is 19.5 Å². The first kappa shape index (κ1) is 22.6. The average Bonchev–Trinajstić information content (AvgIpc) is 3.40. The van der Waals surface area contributed by atoms with E-state index in [4.69, 9.17) is 4.74 Å². The van der Waals surface area contributed by atoms with E-state index in [-0.39, 0.29) is 30.0 Å². The molecule has 2 heterocycles. The Morgan fingerprint density at radius 2 is 1.66 bits per heavy atom. The first-order valence-corrected chi connectivity index (χ1v) is 11.6. The van der Waals surface area contributed by atoms with Gasteiger partial charge in [0.1, 0.15) is 24.2 Å². The molecule has 35 heavy (non-hydrogen) atoms. The molecule has 1 aliphatic carbocycles.